The smallest absolute Gasteiger partial charge is 0.0931 e. The molecule has 0 saturated carbocycles. The molecule has 0 amide bonds. The number of benzene rings is 1. The molecular formula is C14H16ClNS2. The zero-order valence-electron chi connectivity index (χ0n) is 10.4. The van der Waals surface area contributed by atoms with Crippen LogP contribution in [0.5, 0.6) is 0 Å². The summed E-state index contributed by atoms with van der Waals surface area (Å²) < 4.78 is 0.865. The molecule has 0 fully saturated rings. The van der Waals surface area contributed by atoms with Gasteiger partial charge in [0.15, 0.2) is 0 Å². The first-order chi connectivity index (χ1) is 8.69. The van der Waals surface area contributed by atoms with Crippen LogP contribution in [0.3, 0.4) is 0 Å². The third-order valence-corrected chi connectivity index (χ3v) is 5.30. The van der Waals surface area contributed by atoms with Gasteiger partial charge in [-0.15, -0.1) is 23.1 Å². The maximum atomic E-state index is 5.92. The van der Waals surface area contributed by atoms with E-state index in [9.17, 15) is 0 Å². The van der Waals surface area contributed by atoms with Crippen molar-refractivity contribution in [2.45, 2.75) is 23.6 Å². The number of thioether (sulfide) groups is 1. The van der Waals surface area contributed by atoms with Crippen LogP contribution in [-0.4, -0.2) is 7.05 Å². The number of hydrogen-bond acceptors (Lipinski definition) is 3. The zero-order valence-corrected chi connectivity index (χ0v) is 12.8. The molecule has 2 aromatic rings. The lowest BCUT2D eigenvalue weighted by Gasteiger charge is -2.10. The monoisotopic (exact) mass is 297 g/mol. The molecule has 0 bridgehead atoms. The van der Waals surface area contributed by atoms with Gasteiger partial charge < -0.3 is 5.32 Å². The second-order valence-corrected chi connectivity index (χ2v) is 6.92. The standard InChI is InChI=1S/C14H16ClNS2/c1-10(16-2)11-3-5-12(6-4-11)17-9-13-7-8-14(15)18-13/h3-8,10,16H,9H2,1-2H3. The van der Waals surface area contributed by atoms with Crippen molar-refractivity contribution in [3.63, 3.8) is 0 Å². The highest BCUT2D eigenvalue weighted by molar-refractivity contribution is 7.98. The molecule has 1 atom stereocenters. The van der Waals surface area contributed by atoms with E-state index >= 15 is 0 Å². The van der Waals surface area contributed by atoms with Crippen molar-refractivity contribution in [2.24, 2.45) is 0 Å². The van der Waals surface area contributed by atoms with Crippen LogP contribution in [-0.2, 0) is 5.75 Å². The normalized spacial score (nSPS) is 12.6. The van der Waals surface area contributed by atoms with E-state index in [1.807, 2.05) is 24.9 Å². The molecule has 0 radical (unpaired) electrons. The van der Waals surface area contributed by atoms with E-state index in [2.05, 4.69) is 42.6 Å². The number of hydrogen-bond donors (Lipinski definition) is 1. The summed E-state index contributed by atoms with van der Waals surface area (Å²) in [7, 11) is 1.98. The Balaban J connectivity index is 1.94. The molecule has 0 saturated heterocycles. The summed E-state index contributed by atoms with van der Waals surface area (Å²) in [6.07, 6.45) is 0. The van der Waals surface area contributed by atoms with E-state index in [1.165, 1.54) is 15.3 Å². The molecule has 1 N–H and O–H groups in total. The molecule has 0 aliphatic heterocycles. The first-order valence-corrected chi connectivity index (χ1v) is 8.01. The van der Waals surface area contributed by atoms with Crippen molar-refractivity contribution in [2.75, 3.05) is 7.05 Å². The zero-order chi connectivity index (χ0) is 13.0. The minimum absolute atomic E-state index is 0.403. The topological polar surface area (TPSA) is 12.0 Å². The lowest BCUT2D eigenvalue weighted by Crippen LogP contribution is -2.11. The lowest BCUT2D eigenvalue weighted by molar-refractivity contribution is 0.652. The maximum absolute atomic E-state index is 5.92. The van der Waals surface area contributed by atoms with E-state index < -0.39 is 0 Å². The molecule has 1 unspecified atom stereocenters. The van der Waals surface area contributed by atoms with Crippen molar-refractivity contribution in [1.82, 2.24) is 5.32 Å². The Kier molecular flexibility index (Phi) is 5.13. The average molecular weight is 298 g/mol. The molecule has 0 spiro atoms. The summed E-state index contributed by atoms with van der Waals surface area (Å²) in [6.45, 7) is 2.16. The van der Waals surface area contributed by atoms with E-state index in [0.29, 0.717) is 6.04 Å². The van der Waals surface area contributed by atoms with E-state index in [0.717, 1.165) is 10.1 Å². The van der Waals surface area contributed by atoms with Crippen LogP contribution in [0.25, 0.3) is 0 Å². The van der Waals surface area contributed by atoms with Crippen molar-refractivity contribution >= 4 is 34.7 Å². The van der Waals surface area contributed by atoms with Crippen LogP contribution in [0.4, 0.5) is 0 Å². The van der Waals surface area contributed by atoms with Crippen LogP contribution in [0.1, 0.15) is 23.4 Å². The summed E-state index contributed by atoms with van der Waals surface area (Å²) in [4.78, 5) is 2.62. The lowest BCUT2D eigenvalue weighted by atomic mass is 10.1. The Morgan fingerprint density at radius 3 is 2.50 bits per heavy atom. The summed E-state index contributed by atoms with van der Waals surface area (Å²) in [5, 5.41) is 3.24. The van der Waals surface area contributed by atoms with Crippen molar-refractivity contribution in [3.8, 4) is 0 Å². The Morgan fingerprint density at radius 1 is 1.22 bits per heavy atom. The summed E-state index contributed by atoms with van der Waals surface area (Å²) in [5.41, 5.74) is 1.32. The number of rotatable bonds is 5. The Morgan fingerprint density at radius 2 is 1.94 bits per heavy atom. The number of halogens is 1. The van der Waals surface area contributed by atoms with Gasteiger partial charge in [-0.3, -0.25) is 0 Å². The van der Waals surface area contributed by atoms with Gasteiger partial charge in [0.05, 0.1) is 4.34 Å². The van der Waals surface area contributed by atoms with Gasteiger partial charge in [-0.25, -0.2) is 0 Å². The molecule has 1 nitrogen and oxygen atoms in total. The predicted octanol–water partition coefficient (Wildman–Crippen LogP) is 4.97. The number of nitrogens with one attached hydrogen (secondary N) is 1. The predicted molar refractivity (Wildman–Crippen MR) is 82.8 cm³/mol. The summed E-state index contributed by atoms with van der Waals surface area (Å²) in [5.74, 6) is 0.984. The molecule has 96 valence electrons. The summed E-state index contributed by atoms with van der Waals surface area (Å²) in [6, 6.07) is 13.2. The van der Waals surface area contributed by atoms with E-state index in [4.69, 9.17) is 11.6 Å². The van der Waals surface area contributed by atoms with E-state index in [-0.39, 0.29) is 0 Å². The Hall–Kier alpha value is -0.480. The highest BCUT2D eigenvalue weighted by Gasteiger charge is 2.03. The van der Waals surface area contributed by atoms with Crippen LogP contribution >= 0.6 is 34.7 Å². The molecule has 18 heavy (non-hydrogen) atoms. The minimum Gasteiger partial charge on any atom is -0.313 e. The largest absolute Gasteiger partial charge is 0.313 e. The SMILES string of the molecule is CNC(C)c1ccc(SCc2ccc(Cl)s2)cc1. The van der Waals surface area contributed by atoms with Crippen LogP contribution in [0, 0.1) is 0 Å². The van der Waals surface area contributed by atoms with Crippen LogP contribution < -0.4 is 5.32 Å². The fraction of sp³-hybridized carbons (Fsp3) is 0.286. The minimum atomic E-state index is 0.403. The molecule has 2 rings (SSSR count). The van der Waals surface area contributed by atoms with Gasteiger partial charge in [0.2, 0.25) is 0 Å². The van der Waals surface area contributed by atoms with Gasteiger partial charge >= 0.3 is 0 Å². The Labute approximate surface area is 122 Å². The fourth-order valence-electron chi connectivity index (χ4n) is 1.60. The van der Waals surface area contributed by atoms with Gasteiger partial charge in [-0.2, -0.15) is 0 Å². The molecule has 4 heteroatoms. The van der Waals surface area contributed by atoms with Gasteiger partial charge in [-0.05, 0) is 43.8 Å². The molecular weight excluding hydrogens is 282 g/mol. The molecule has 1 aromatic carbocycles. The maximum Gasteiger partial charge on any atom is 0.0931 e. The highest BCUT2D eigenvalue weighted by Crippen LogP contribution is 2.29. The molecule has 1 heterocycles. The van der Waals surface area contributed by atoms with Gasteiger partial charge in [0.25, 0.3) is 0 Å². The molecule has 0 aliphatic rings. The second kappa shape index (κ2) is 6.62. The molecule has 0 aliphatic carbocycles. The third kappa shape index (κ3) is 3.75. The molecule has 1 aromatic heterocycles. The van der Waals surface area contributed by atoms with Crippen molar-refractivity contribution < 1.29 is 0 Å². The van der Waals surface area contributed by atoms with Crippen LogP contribution in [0.15, 0.2) is 41.3 Å². The number of thiophene rings is 1. The Bertz CT molecular complexity index is 493. The third-order valence-electron chi connectivity index (χ3n) is 2.82. The fourth-order valence-corrected chi connectivity index (χ4v) is 3.63. The van der Waals surface area contributed by atoms with Gasteiger partial charge in [0, 0.05) is 21.6 Å². The summed E-state index contributed by atoms with van der Waals surface area (Å²) >= 11 is 9.42. The van der Waals surface area contributed by atoms with Crippen molar-refractivity contribution in [1.29, 1.82) is 0 Å². The van der Waals surface area contributed by atoms with Gasteiger partial charge in [0.1, 0.15) is 0 Å². The van der Waals surface area contributed by atoms with Gasteiger partial charge in [-0.1, -0.05) is 23.7 Å². The quantitative estimate of drug-likeness (QED) is 0.782. The first-order valence-electron chi connectivity index (χ1n) is 5.83. The first kappa shape index (κ1) is 13.9. The highest BCUT2D eigenvalue weighted by atomic mass is 35.5. The van der Waals surface area contributed by atoms with Crippen LogP contribution in [0.2, 0.25) is 4.34 Å². The van der Waals surface area contributed by atoms with Crippen molar-refractivity contribution in [3.05, 3.63) is 51.2 Å². The average Bonchev–Trinajstić information content (AvgIpc) is 2.82. The van der Waals surface area contributed by atoms with E-state index in [1.54, 1.807) is 11.3 Å². The second-order valence-electron chi connectivity index (χ2n) is 4.07.